The molecule has 7 heteroatoms. The Labute approximate surface area is 173 Å². The minimum absolute atomic E-state index is 0.0862. The lowest BCUT2D eigenvalue weighted by Crippen LogP contribution is -2.46. The highest BCUT2D eigenvalue weighted by atomic mass is 16.3. The Bertz CT molecular complexity index is 769. The van der Waals surface area contributed by atoms with Gasteiger partial charge in [0.15, 0.2) is 5.69 Å². The van der Waals surface area contributed by atoms with Crippen LogP contribution in [0.5, 0.6) is 0 Å². The van der Waals surface area contributed by atoms with Crippen LogP contribution in [-0.2, 0) is 13.1 Å². The maximum atomic E-state index is 12.6. The standard InChI is InChI=1S/C22H33N5O2/c1-3-5-13-26(4-2)21(28)20-17-27(24-23-20)18-22(29)11-14-25(15-12-22)16-19-9-7-6-8-10-19/h6-10,17,29H,3-5,11-16,18H2,1-2H3. The minimum Gasteiger partial charge on any atom is -0.388 e. The first-order valence-corrected chi connectivity index (χ1v) is 10.7. The number of carbonyl (C=O) groups excluding carboxylic acids is 1. The summed E-state index contributed by atoms with van der Waals surface area (Å²) in [6, 6.07) is 10.4. The molecule has 0 aliphatic carbocycles. The van der Waals surface area contributed by atoms with Crippen molar-refractivity contribution >= 4 is 5.91 Å². The van der Waals surface area contributed by atoms with Gasteiger partial charge in [-0.15, -0.1) is 5.10 Å². The molecule has 1 aliphatic heterocycles. The summed E-state index contributed by atoms with van der Waals surface area (Å²) in [5.41, 5.74) is 0.836. The molecule has 1 aliphatic rings. The van der Waals surface area contributed by atoms with E-state index in [0.717, 1.165) is 39.0 Å². The highest BCUT2D eigenvalue weighted by molar-refractivity contribution is 5.91. The zero-order valence-corrected chi connectivity index (χ0v) is 17.6. The van der Waals surface area contributed by atoms with Crippen molar-refractivity contribution in [1.82, 2.24) is 24.8 Å². The second kappa shape index (κ2) is 9.98. The molecule has 29 heavy (non-hydrogen) atoms. The average molecular weight is 400 g/mol. The summed E-state index contributed by atoms with van der Waals surface area (Å²) >= 11 is 0. The summed E-state index contributed by atoms with van der Waals surface area (Å²) in [5, 5.41) is 19.2. The van der Waals surface area contributed by atoms with Crippen molar-refractivity contribution in [2.24, 2.45) is 0 Å². The zero-order chi connectivity index (χ0) is 20.7. The van der Waals surface area contributed by atoms with Gasteiger partial charge < -0.3 is 10.0 Å². The summed E-state index contributed by atoms with van der Waals surface area (Å²) in [6.07, 6.45) is 5.06. The monoisotopic (exact) mass is 399 g/mol. The molecule has 7 nitrogen and oxygen atoms in total. The van der Waals surface area contributed by atoms with E-state index in [1.165, 1.54) is 5.56 Å². The van der Waals surface area contributed by atoms with Crippen LogP contribution in [0.2, 0.25) is 0 Å². The van der Waals surface area contributed by atoms with Crippen LogP contribution in [0.3, 0.4) is 0 Å². The van der Waals surface area contributed by atoms with Crippen molar-refractivity contribution in [3.63, 3.8) is 0 Å². The number of piperidine rings is 1. The number of unbranched alkanes of at least 4 members (excludes halogenated alkanes) is 1. The molecule has 1 N–H and O–H groups in total. The van der Waals surface area contributed by atoms with Gasteiger partial charge in [0.05, 0.1) is 18.3 Å². The van der Waals surface area contributed by atoms with E-state index in [0.29, 0.717) is 31.6 Å². The van der Waals surface area contributed by atoms with Crippen molar-refractivity contribution in [3.8, 4) is 0 Å². The number of nitrogens with zero attached hydrogens (tertiary/aromatic N) is 5. The van der Waals surface area contributed by atoms with Crippen molar-refractivity contribution in [3.05, 3.63) is 47.8 Å². The normalized spacial score (nSPS) is 16.7. The first-order valence-electron chi connectivity index (χ1n) is 10.7. The molecule has 1 aromatic heterocycles. The molecule has 1 fully saturated rings. The van der Waals surface area contributed by atoms with Crippen LogP contribution < -0.4 is 0 Å². The number of likely N-dealkylation sites (tertiary alicyclic amines) is 1. The Balaban J connectivity index is 1.53. The number of hydrogen-bond acceptors (Lipinski definition) is 5. The van der Waals surface area contributed by atoms with E-state index in [9.17, 15) is 9.90 Å². The molecule has 1 aromatic carbocycles. The lowest BCUT2D eigenvalue weighted by Gasteiger charge is -2.38. The third-order valence-corrected chi connectivity index (χ3v) is 5.70. The van der Waals surface area contributed by atoms with Crippen molar-refractivity contribution in [1.29, 1.82) is 0 Å². The fourth-order valence-electron chi connectivity index (χ4n) is 3.82. The number of benzene rings is 1. The first kappa shape index (κ1) is 21.5. The number of hydrogen-bond donors (Lipinski definition) is 1. The predicted octanol–water partition coefficient (Wildman–Crippen LogP) is 2.57. The fourth-order valence-corrected chi connectivity index (χ4v) is 3.82. The summed E-state index contributed by atoms with van der Waals surface area (Å²) in [4.78, 5) is 16.8. The van der Waals surface area contributed by atoms with Gasteiger partial charge in [-0.1, -0.05) is 48.9 Å². The summed E-state index contributed by atoms with van der Waals surface area (Å²) in [7, 11) is 0. The maximum absolute atomic E-state index is 12.6. The van der Waals surface area contributed by atoms with Gasteiger partial charge in [-0.2, -0.15) is 0 Å². The van der Waals surface area contributed by atoms with E-state index >= 15 is 0 Å². The van der Waals surface area contributed by atoms with Crippen LogP contribution in [0.1, 0.15) is 55.6 Å². The molecule has 0 bridgehead atoms. The van der Waals surface area contributed by atoms with Gasteiger partial charge in [0.2, 0.25) is 0 Å². The molecule has 158 valence electrons. The Morgan fingerprint density at radius 2 is 1.93 bits per heavy atom. The molecule has 2 heterocycles. The van der Waals surface area contributed by atoms with Crippen LogP contribution in [0.25, 0.3) is 0 Å². The van der Waals surface area contributed by atoms with E-state index < -0.39 is 5.60 Å². The maximum Gasteiger partial charge on any atom is 0.276 e. The SMILES string of the molecule is CCCCN(CC)C(=O)c1cn(CC2(O)CCN(Cc3ccccc3)CC2)nn1. The molecule has 1 saturated heterocycles. The largest absolute Gasteiger partial charge is 0.388 e. The van der Waals surface area contributed by atoms with Crippen molar-refractivity contribution in [2.45, 2.75) is 58.2 Å². The Kier molecular flexibility index (Phi) is 7.39. The van der Waals surface area contributed by atoms with Crippen LogP contribution in [0.4, 0.5) is 0 Å². The molecule has 0 saturated carbocycles. The number of amides is 1. The topological polar surface area (TPSA) is 74.5 Å². The van der Waals surface area contributed by atoms with Gasteiger partial charge in [0.1, 0.15) is 0 Å². The lowest BCUT2D eigenvalue weighted by molar-refractivity contribution is -0.0383. The average Bonchev–Trinajstić information content (AvgIpc) is 3.19. The Hall–Kier alpha value is -2.25. The second-order valence-electron chi connectivity index (χ2n) is 8.03. The highest BCUT2D eigenvalue weighted by Crippen LogP contribution is 2.25. The van der Waals surface area contributed by atoms with E-state index in [1.807, 2.05) is 13.0 Å². The molecular weight excluding hydrogens is 366 g/mol. The van der Waals surface area contributed by atoms with E-state index in [4.69, 9.17) is 0 Å². The lowest BCUT2D eigenvalue weighted by atomic mass is 9.91. The molecule has 0 atom stereocenters. The van der Waals surface area contributed by atoms with E-state index in [1.54, 1.807) is 15.8 Å². The molecule has 0 unspecified atom stereocenters. The van der Waals surface area contributed by atoms with Gasteiger partial charge in [0.25, 0.3) is 5.91 Å². The van der Waals surface area contributed by atoms with E-state index in [-0.39, 0.29) is 5.91 Å². The van der Waals surface area contributed by atoms with Gasteiger partial charge in [-0.05, 0) is 31.7 Å². The fraction of sp³-hybridized carbons (Fsp3) is 0.591. The molecule has 2 aromatic rings. The van der Waals surface area contributed by atoms with Crippen molar-refractivity contribution < 1.29 is 9.90 Å². The summed E-state index contributed by atoms with van der Waals surface area (Å²) in [5.74, 6) is -0.0862. The Morgan fingerprint density at radius 1 is 1.21 bits per heavy atom. The van der Waals surface area contributed by atoms with Gasteiger partial charge >= 0.3 is 0 Å². The molecule has 1 amide bonds. The van der Waals surface area contributed by atoms with Crippen LogP contribution in [0.15, 0.2) is 36.5 Å². The quantitative estimate of drug-likeness (QED) is 0.701. The molecule has 0 radical (unpaired) electrons. The van der Waals surface area contributed by atoms with Crippen LogP contribution >= 0.6 is 0 Å². The smallest absolute Gasteiger partial charge is 0.276 e. The number of carbonyl (C=O) groups is 1. The summed E-state index contributed by atoms with van der Waals surface area (Å²) in [6.45, 7) is 8.44. The number of aromatic nitrogens is 3. The Morgan fingerprint density at radius 3 is 2.59 bits per heavy atom. The van der Waals surface area contributed by atoms with Gasteiger partial charge in [0, 0.05) is 32.7 Å². The van der Waals surface area contributed by atoms with Crippen LogP contribution in [-0.4, -0.2) is 67.6 Å². The number of rotatable bonds is 9. The second-order valence-corrected chi connectivity index (χ2v) is 8.03. The predicted molar refractivity (Wildman–Crippen MR) is 112 cm³/mol. The van der Waals surface area contributed by atoms with Gasteiger partial charge in [-0.3, -0.25) is 9.69 Å². The summed E-state index contributed by atoms with van der Waals surface area (Å²) < 4.78 is 1.62. The van der Waals surface area contributed by atoms with Crippen LogP contribution in [0, 0.1) is 0 Å². The molecule has 3 rings (SSSR count). The molecular formula is C22H33N5O2. The molecule has 0 spiro atoms. The zero-order valence-electron chi connectivity index (χ0n) is 17.6. The highest BCUT2D eigenvalue weighted by Gasteiger charge is 2.33. The van der Waals surface area contributed by atoms with Gasteiger partial charge in [-0.25, -0.2) is 4.68 Å². The first-order chi connectivity index (χ1) is 14.0. The minimum atomic E-state index is -0.812. The third-order valence-electron chi connectivity index (χ3n) is 5.70. The number of aliphatic hydroxyl groups is 1. The third kappa shape index (κ3) is 5.87. The van der Waals surface area contributed by atoms with Crippen molar-refractivity contribution in [2.75, 3.05) is 26.2 Å². The van der Waals surface area contributed by atoms with E-state index in [2.05, 4.69) is 46.4 Å².